The molecule has 2 saturated carbocycles. The van der Waals surface area contributed by atoms with Gasteiger partial charge in [0.2, 0.25) is 0 Å². The third-order valence-corrected chi connectivity index (χ3v) is 6.24. The Kier molecular flexibility index (Phi) is 10.3. The summed E-state index contributed by atoms with van der Waals surface area (Å²) in [6.45, 7) is 10.1. The number of carbonyl (C=O) groups is 2. The summed E-state index contributed by atoms with van der Waals surface area (Å²) in [5, 5.41) is 25.5. The smallest absolute Gasteiger partial charge is 0.303 e. The quantitative estimate of drug-likeness (QED) is 0.597. The molecule has 0 aromatic rings. The van der Waals surface area contributed by atoms with Crippen molar-refractivity contribution in [2.45, 2.75) is 98.5 Å². The van der Waals surface area contributed by atoms with Crippen molar-refractivity contribution in [1.29, 1.82) is 0 Å². The number of carboxylic acids is 2. The van der Waals surface area contributed by atoms with E-state index in [9.17, 15) is 9.90 Å². The maximum atomic E-state index is 10.0. The zero-order chi connectivity index (χ0) is 19.7. The summed E-state index contributed by atoms with van der Waals surface area (Å²) in [6, 6.07) is 0. The minimum absolute atomic E-state index is 0.0313. The Morgan fingerprint density at radius 3 is 1.84 bits per heavy atom. The van der Waals surface area contributed by atoms with Gasteiger partial charge in [-0.25, -0.2) is 0 Å². The fourth-order valence-electron chi connectivity index (χ4n) is 4.04. The van der Waals surface area contributed by atoms with Crippen LogP contribution in [0.2, 0.25) is 0 Å². The molecule has 2 rings (SSSR count). The molecule has 148 valence electrons. The number of fused-ring (bicyclic) bond motifs is 2. The number of aliphatic hydroxyl groups is 1. The third kappa shape index (κ3) is 7.35. The van der Waals surface area contributed by atoms with E-state index in [1.165, 1.54) is 32.1 Å². The van der Waals surface area contributed by atoms with Crippen molar-refractivity contribution < 1.29 is 24.9 Å². The predicted octanol–water partition coefficient (Wildman–Crippen LogP) is 4.72. The molecule has 0 aromatic heterocycles. The van der Waals surface area contributed by atoms with Gasteiger partial charge in [-0.1, -0.05) is 53.4 Å². The largest absolute Gasteiger partial charge is 0.481 e. The molecule has 3 unspecified atom stereocenters. The topological polar surface area (TPSA) is 94.8 Å². The molecule has 25 heavy (non-hydrogen) atoms. The van der Waals surface area contributed by atoms with Crippen LogP contribution in [0.15, 0.2) is 0 Å². The molecule has 0 aliphatic heterocycles. The van der Waals surface area contributed by atoms with Gasteiger partial charge in [0.25, 0.3) is 5.97 Å². The first-order valence-corrected chi connectivity index (χ1v) is 9.58. The summed E-state index contributed by atoms with van der Waals surface area (Å²) in [7, 11) is 0. The van der Waals surface area contributed by atoms with Gasteiger partial charge >= 0.3 is 5.97 Å². The summed E-state index contributed by atoms with van der Waals surface area (Å²) in [6.07, 6.45) is 9.46. The van der Waals surface area contributed by atoms with E-state index in [-0.39, 0.29) is 11.5 Å². The summed E-state index contributed by atoms with van der Waals surface area (Å²) in [5.41, 5.74) is 0.601. The van der Waals surface area contributed by atoms with E-state index in [2.05, 4.69) is 27.7 Å². The van der Waals surface area contributed by atoms with Gasteiger partial charge in [-0.05, 0) is 42.4 Å². The van der Waals surface area contributed by atoms with Gasteiger partial charge in [0.1, 0.15) is 0 Å². The average Bonchev–Trinajstić information content (AvgIpc) is 2.80. The molecule has 0 saturated heterocycles. The zero-order valence-corrected chi connectivity index (χ0v) is 16.7. The summed E-state index contributed by atoms with van der Waals surface area (Å²) in [4.78, 5) is 19.0. The van der Waals surface area contributed by atoms with E-state index in [0.717, 1.165) is 32.1 Å². The highest BCUT2D eigenvalue weighted by atomic mass is 16.4. The van der Waals surface area contributed by atoms with Crippen LogP contribution in [0.1, 0.15) is 92.4 Å². The van der Waals surface area contributed by atoms with Crippen LogP contribution in [0.3, 0.4) is 0 Å². The first-order valence-electron chi connectivity index (χ1n) is 9.58. The Morgan fingerprint density at radius 2 is 1.56 bits per heavy atom. The maximum absolute atomic E-state index is 10.0. The molecule has 0 radical (unpaired) electrons. The van der Waals surface area contributed by atoms with E-state index in [1.54, 1.807) is 0 Å². The average molecular weight is 359 g/mol. The van der Waals surface area contributed by atoms with Crippen molar-refractivity contribution in [1.82, 2.24) is 0 Å². The molecule has 2 fully saturated rings. The fraction of sp³-hybridized carbons (Fsp3) is 0.900. The van der Waals surface area contributed by atoms with E-state index >= 15 is 0 Å². The summed E-state index contributed by atoms with van der Waals surface area (Å²) in [5.74, 6) is -0.723. The van der Waals surface area contributed by atoms with Crippen LogP contribution in [0.4, 0.5) is 0 Å². The molecule has 5 heteroatoms. The van der Waals surface area contributed by atoms with Gasteiger partial charge in [-0.2, -0.15) is 0 Å². The molecule has 2 aliphatic carbocycles. The van der Waals surface area contributed by atoms with Crippen LogP contribution in [0, 0.1) is 16.7 Å². The number of aliphatic carboxylic acids is 2. The maximum Gasteiger partial charge on any atom is 0.303 e. The van der Waals surface area contributed by atoms with Gasteiger partial charge in [0.15, 0.2) is 0 Å². The third-order valence-electron chi connectivity index (χ3n) is 6.24. The van der Waals surface area contributed by atoms with Gasteiger partial charge in [0, 0.05) is 13.3 Å². The monoisotopic (exact) mass is 358 g/mol. The molecule has 2 aliphatic rings. The summed E-state index contributed by atoms with van der Waals surface area (Å²) >= 11 is 0. The van der Waals surface area contributed by atoms with Crippen LogP contribution in [-0.4, -0.2) is 33.4 Å². The van der Waals surface area contributed by atoms with Gasteiger partial charge < -0.3 is 15.3 Å². The number of rotatable bonds is 6. The lowest BCUT2D eigenvalue weighted by Crippen LogP contribution is -2.35. The Hall–Kier alpha value is -1.10. The van der Waals surface area contributed by atoms with Crippen molar-refractivity contribution in [3.05, 3.63) is 0 Å². The summed E-state index contributed by atoms with van der Waals surface area (Å²) < 4.78 is 0. The normalized spacial score (nSPS) is 28.4. The number of aliphatic hydroxyl groups excluding tert-OH is 1. The van der Waals surface area contributed by atoms with Crippen LogP contribution < -0.4 is 0 Å². The van der Waals surface area contributed by atoms with Crippen molar-refractivity contribution in [3.63, 3.8) is 0 Å². The number of unbranched alkanes of at least 4 members (excludes halogenated alkanes) is 4. The van der Waals surface area contributed by atoms with E-state index in [4.69, 9.17) is 15.0 Å². The second kappa shape index (κ2) is 10.8. The molecule has 5 nitrogen and oxygen atoms in total. The number of hydrogen-bond donors (Lipinski definition) is 3. The van der Waals surface area contributed by atoms with Gasteiger partial charge in [0.05, 0.1) is 6.10 Å². The minimum atomic E-state index is -0.833. The SMILES string of the molecule is CC(=O)O.CC1(C)C2CCC1(C)C(O)C2.CCCCCCCC(=O)O. The first kappa shape index (κ1) is 23.9. The minimum Gasteiger partial charge on any atom is -0.481 e. The van der Waals surface area contributed by atoms with E-state index in [0.29, 0.717) is 11.8 Å². The van der Waals surface area contributed by atoms with Gasteiger partial charge in [-0.3, -0.25) is 9.59 Å². The number of carboxylic acid groups (broad SMARTS) is 2. The van der Waals surface area contributed by atoms with E-state index < -0.39 is 11.9 Å². The van der Waals surface area contributed by atoms with Crippen LogP contribution in [0.5, 0.6) is 0 Å². The van der Waals surface area contributed by atoms with Crippen molar-refractivity contribution in [3.8, 4) is 0 Å². The lowest BCUT2D eigenvalue weighted by molar-refractivity contribution is -0.137. The van der Waals surface area contributed by atoms with Crippen molar-refractivity contribution >= 4 is 11.9 Å². The Morgan fingerprint density at radius 1 is 1.04 bits per heavy atom. The lowest BCUT2D eigenvalue weighted by Gasteiger charge is -2.36. The Balaban J connectivity index is 0.000000384. The first-order chi connectivity index (χ1) is 11.5. The molecule has 2 bridgehead atoms. The molecule has 0 aromatic carbocycles. The Labute approximate surface area is 152 Å². The highest BCUT2D eigenvalue weighted by Gasteiger charge is 2.60. The van der Waals surface area contributed by atoms with Gasteiger partial charge in [-0.15, -0.1) is 0 Å². The molecular weight excluding hydrogens is 320 g/mol. The second-order valence-corrected chi connectivity index (χ2v) is 8.20. The number of hydrogen-bond acceptors (Lipinski definition) is 3. The van der Waals surface area contributed by atoms with Crippen LogP contribution in [0.25, 0.3) is 0 Å². The van der Waals surface area contributed by atoms with Crippen molar-refractivity contribution in [2.75, 3.05) is 0 Å². The molecule has 3 N–H and O–H groups in total. The van der Waals surface area contributed by atoms with E-state index in [1.807, 2.05) is 0 Å². The second-order valence-electron chi connectivity index (χ2n) is 8.20. The molecule has 0 spiro atoms. The molecule has 3 atom stereocenters. The molecular formula is C20H38O5. The fourth-order valence-corrected chi connectivity index (χ4v) is 4.04. The van der Waals surface area contributed by atoms with Crippen LogP contribution >= 0.6 is 0 Å². The van der Waals surface area contributed by atoms with Crippen LogP contribution in [-0.2, 0) is 9.59 Å². The lowest BCUT2D eigenvalue weighted by atomic mass is 9.70. The predicted molar refractivity (Wildman–Crippen MR) is 99.6 cm³/mol. The van der Waals surface area contributed by atoms with Crippen molar-refractivity contribution in [2.24, 2.45) is 16.7 Å². The Bertz CT molecular complexity index is 414. The zero-order valence-electron chi connectivity index (χ0n) is 16.7. The molecule has 0 amide bonds. The highest BCUT2D eigenvalue weighted by Crippen LogP contribution is 2.65. The standard InChI is InChI=1S/C10H18O.C8H16O2.C2H4O2/c1-9(2)7-4-5-10(9,3)8(11)6-7;1-2-3-4-5-6-7-8(9)10;1-2(3)4/h7-8,11H,4-6H2,1-3H3;2-7H2,1H3,(H,9,10);1H3,(H,3,4). The highest BCUT2D eigenvalue weighted by molar-refractivity contribution is 5.66. The molecule has 0 heterocycles.